The number of rotatable bonds is 4. The maximum atomic E-state index is 12.0. The van der Waals surface area contributed by atoms with Gasteiger partial charge in [-0.1, -0.05) is 30.7 Å². The fourth-order valence-corrected chi connectivity index (χ4v) is 2.09. The zero-order valence-electron chi connectivity index (χ0n) is 11.3. The van der Waals surface area contributed by atoms with Gasteiger partial charge in [0.25, 0.3) is 0 Å². The predicted octanol–water partition coefficient (Wildman–Crippen LogP) is 4.05. The number of halogens is 1. The molecule has 0 aliphatic rings. The van der Waals surface area contributed by atoms with E-state index >= 15 is 0 Å². The van der Waals surface area contributed by atoms with Crippen LogP contribution < -0.4 is 11.1 Å². The molecule has 0 saturated heterocycles. The lowest BCUT2D eigenvalue weighted by molar-refractivity contribution is -0.116. The molecule has 3 nitrogen and oxygen atoms in total. The van der Waals surface area contributed by atoms with Crippen LogP contribution in [0.2, 0.25) is 5.02 Å². The van der Waals surface area contributed by atoms with Crippen LogP contribution in [0.25, 0.3) is 0 Å². The minimum absolute atomic E-state index is 0.0170. The maximum Gasteiger partial charge on any atom is 0.224 e. The van der Waals surface area contributed by atoms with Crippen molar-refractivity contribution in [3.63, 3.8) is 0 Å². The van der Waals surface area contributed by atoms with Crippen molar-refractivity contribution in [2.45, 2.75) is 19.3 Å². The fraction of sp³-hybridized carbons (Fsp3) is 0.188. The zero-order valence-corrected chi connectivity index (χ0v) is 12.0. The molecule has 0 fully saturated rings. The minimum atomic E-state index is -0.0170. The van der Waals surface area contributed by atoms with E-state index in [1.807, 2.05) is 31.2 Å². The Hall–Kier alpha value is -2.00. The predicted molar refractivity (Wildman–Crippen MR) is 84.0 cm³/mol. The average molecular weight is 289 g/mol. The molecule has 2 aromatic carbocycles. The van der Waals surface area contributed by atoms with Crippen molar-refractivity contribution in [1.29, 1.82) is 0 Å². The van der Waals surface area contributed by atoms with E-state index in [0.29, 0.717) is 11.4 Å². The zero-order chi connectivity index (χ0) is 14.5. The van der Waals surface area contributed by atoms with Gasteiger partial charge in [-0.25, -0.2) is 0 Å². The molecule has 2 aromatic rings. The second-order valence-electron chi connectivity index (χ2n) is 4.83. The molecule has 0 heterocycles. The van der Waals surface area contributed by atoms with Gasteiger partial charge in [-0.15, -0.1) is 0 Å². The summed E-state index contributed by atoms with van der Waals surface area (Å²) in [4.78, 5) is 12.0. The van der Waals surface area contributed by atoms with Crippen LogP contribution in [0, 0.1) is 0 Å². The molecular formula is C16H17ClN2O. The highest BCUT2D eigenvalue weighted by Gasteiger charge is 2.11. The van der Waals surface area contributed by atoms with E-state index in [4.69, 9.17) is 17.3 Å². The smallest absolute Gasteiger partial charge is 0.224 e. The number of amides is 1. The Morgan fingerprint density at radius 3 is 2.35 bits per heavy atom. The molecule has 1 unspecified atom stereocenters. The first kappa shape index (κ1) is 14.4. The Kier molecular flexibility index (Phi) is 4.64. The molecule has 1 amide bonds. The number of hydrogen-bond donors (Lipinski definition) is 2. The molecule has 4 heteroatoms. The van der Waals surface area contributed by atoms with Crippen molar-refractivity contribution in [1.82, 2.24) is 0 Å². The Labute approximate surface area is 123 Å². The number of benzene rings is 2. The van der Waals surface area contributed by atoms with E-state index in [0.717, 1.165) is 16.9 Å². The number of carbonyl (C=O) groups is 1. The third-order valence-electron chi connectivity index (χ3n) is 3.13. The Morgan fingerprint density at radius 1 is 1.15 bits per heavy atom. The molecular weight excluding hydrogens is 272 g/mol. The lowest BCUT2D eigenvalue weighted by atomic mass is 9.97. The van der Waals surface area contributed by atoms with Crippen LogP contribution in [0.5, 0.6) is 0 Å². The first-order valence-corrected chi connectivity index (χ1v) is 6.83. The van der Waals surface area contributed by atoms with Crippen molar-refractivity contribution < 1.29 is 4.79 Å². The standard InChI is InChI=1S/C16H17ClN2O/c1-11(12-2-6-14(18)7-3-12)10-16(20)19-15-8-4-13(17)5-9-15/h2-9,11H,10,18H2,1H3,(H,19,20). The quantitative estimate of drug-likeness (QED) is 0.834. The first-order chi connectivity index (χ1) is 9.54. The summed E-state index contributed by atoms with van der Waals surface area (Å²) in [6, 6.07) is 14.7. The van der Waals surface area contributed by atoms with Crippen molar-refractivity contribution in [2.24, 2.45) is 0 Å². The summed E-state index contributed by atoms with van der Waals surface area (Å²) in [6.07, 6.45) is 0.423. The normalized spacial score (nSPS) is 11.9. The van der Waals surface area contributed by atoms with Gasteiger partial charge in [0.1, 0.15) is 0 Å². The van der Waals surface area contributed by atoms with Crippen molar-refractivity contribution >= 4 is 28.9 Å². The molecule has 0 saturated carbocycles. The lowest BCUT2D eigenvalue weighted by Gasteiger charge is -2.12. The van der Waals surface area contributed by atoms with E-state index in [-0.39, 0.29) is 11.8 Å². The summed E-state index contributed by atoms with van der Waals surface area (Å²) in [6.45, 7) is 2.02. The SMILES string of the molecule is CC(CC(=O)Nc1ccc(Cl)cc1)c1ccc(N)cc1. The van der Waals surface area contributed by atoms with Crippen LogP contribution in [-0.4, -0.2) is 5.91 Å². The molecule has 1 atom stereocenters. The van der Waals surface area contributed by atoms with Crippen LogP contribution in [0.4, 0.5) is 11.4 Å². The molecule has 0 aliphatic heterocycles. The Balaban J connectivity index is 1.93. The van der Waals surface area contributed by atoms with Gasteiger partial charge >= 0.3 is 0 Å². The minimum Gasteiger partial charge on any atom is -0.399 e. The maximum absolute atomic E-state index is 12.0. The second kappa shape index (κ2) is 6.44. The summed E-state index contributed by atoms with van der Waals surface area (Å²) in [7, 11) is 0. The summed E-state index contributed by atoms with van der Waals surface area (Å²) in [5.41, 5.74) is 8.24. The van der Waals surface area contributed by atoms with Gasteiger partial charge in [-0.3, -0.25) is 4.79 Å². The molecule has 0 spiro atoms. The van der Waals surface area contributed by atoms with Gasteiger partial charge in [0.15, 0.2) is 0 Å². The molecule has 0 aromatic heterocycles. The van der Waals surface area contributed by atoms with Crippen LogP contribution in [0.3, 0.4) is 0 Å². The highest BCUT2D eigenvalue weighted by Crippen LogP contribution is 2.21. The Bertz CT molecular complexity index is 578. The van der Waals surface area contributed by atoms with Gasteiger partial charge in [0, 0.05) is 22.8 Å². The highest BCUT2D eigenvalue weighted by atomic mass is 35.5. The number of carbonyl (C=O) groups excluding carboxylic acids is 1. The summed E-state index contributed by atoms with van der Waals surface area (Å²) >= 11 is 5.80. The monoisotopic (exact) mass is 288 g/mol. The first-order valence-electron chi connectivity index (χ1n) is 6.45. The number of hydrogen-bond acceptors (Lipinski definition) is 2. The van der Waals surface area contributed by atoms with Crippen LogP contribution >= 0.6 is 11.6 Å². The van der Waals surface area contributed by atoms with E-state index in [9.17, 15) is 4.79 Å². The van der Waals surface area contributed by atoms with E-state index in [2.05, 4.69) is 5.32 Å². The van der Waals surface area contributed by atoms with Gasteiger partial charge in [-0.05, 0) is 47.9 Å². The van der Waals surface area contributed by atoms with E-state index < -0.39 is 0 Å². The Morgan fingerprint density at radius 2 is 1.75 bits per heavy atom. The van der Waals surface area contributed by atoms with Gasteiger partial charge in [-0.2, -0.15) is 0 Å². The third-order valence-corrected chi connectivity index (χ3v) is 3.38. The fourth-order valence-electron chi connectivity index (χ4n) is 1.97. The molecule has 0 radical (unpaired) electrons. The largest absolute Gasteiger partial charge is 0.399 e. The molecule has 3 N–H and O–H groups in total. The molecule has 2 rings (SSSR count). The van der Waals surface area contributed by atoms with E-state index in [1.165, 1.54) is 0 Å². The molecule has 0 bridgehead atoms. The highest BCUT2D eigenvalue weighted by molar-refractivity contribution is 6.30. The van der Waals surface area contributed by atoms with Gasteiger partial charge in [0.05, 0.1) is 0 Å². The third kappa shape index (κ3) is 4.00. The van der Waals surface area contributed by atoms with Gasteiger partial charge in [0.2, 0.25) is 5.91 Å². The van der Waals surface area contributed by atoms with Crippen LogP contribution in [0.15, 0.2) is 48.5 Å². The molecule has 104 valence electrons. The topological polar surface area (TPSA) is 55.1 Å². The van der Waals surface area contributed by atoms with Crippen LogP contribution in [-0.2, 0) is 4.79 Å². The number of nitrogen functional groups attached to an aromatic ring is 1. The number of nitrogens with one attached hydrogen (secondary N) is 1. The molecule has 20 heavy (non-hydrogen) atoms. The summed E-state index contributed by atoms with van der Waals surface area (Å²) < 4.78 is 0. The number of nitrogens with two attached hydrogens (primary N) is 1. The van der Waals surface area contributed by atoms with Crippen molar-refractivity contribution in [2.75, 3.05) is 11.1 Å². The summed E-state index contributed by atoms with van der Waals surface area (Å²) in [5.74, 6) is 0.125. The lowest BCUT2D eigenvalue weighted by Crippen LogP contribution is -2.14. The summed E-state index contributed by atoms with van der Waals surface area (Å²) in [5, 5.41) is 3.51. The molecule has 0 aliphatic carbocycles. The second-order valence-corrected chi connectivity index (χ2v) is 5.26. The van der Waals surface area contributed by atoms with Crippen molar-refractivity contribution in [3.8, 4) is 0 Å². The van der Waals surface area contributed by atoms with Crippen LogP contribution in [0.1, 0.15) is 24.8 Å². The average Bonchev–Trinajstić information content (AvgIpc) is 2.42. The van der Waals surface area contributed by atoms with Crippen molar-refractivity contribution in [3.05, 3.63) is 59.1 Å². The number of anilines is 2. The van der Waals surface area contributed by atoms with Gasteiger partial charge < -0.3 is 11.1 Å². The van der Waals surface area contributed by atoms with E-state index in [1.54, 1.807) is 24.3 Å².